The first kappa shape index (κ1) is 18.4. The van der Waals surface area contributed by atoms with Crippen molar-refractivity contribution in [1.29, 1.82) is 0 Å². The zero-order valence-corrected chi connectivity index (χ0v) is 16.8. The van der Waals surface area contributed by atoms with Crippen molar-refractivity contribution in [2.24, 2.45) is 0 Å². The van der Waals surface area contributed by atoms with Gasteiger partial charge < -0.3 is 14.4 Å². The highest BCUT2D eigenvalue weighted by Gasteiger charge is 2.29. The molecule has 2 aromatic carbocycles. The molecule has 1 aliphatic carbocycles. The lowest BCUT2D eigenvalue weighted by atomic mass is 10.1. The van der Waals surface area contributed by atoms with Gasteiger partial charge in [-0.1, -0.05) is 37.3 Å². The SMILES string of the molecule is CCN1CCN(c2cc3c(cc2F)c(=O)cc(-c2ccccc2)n3C2CC2)CC1. The molecule has 2 heterocycles. The van der Waals surface area contributed by atoms with E-state index >= 15 is 4.39 Å². The van der Waals surface area contributed by atoms with Gasteiger partial charge in [0.05, 0.1) is 16.9 Å². The van der Waals surface area contributed by atoms with E-state index in [1.165, 1.54) is 6.07 Å². The lowest BCUT2D eigenvalue weighted by molar-refractivity contribution is 0.270. The number of halogens is 1. The maximum atomic E-state index is 15.0. The van der Waals surface area contributed by atoms with Crippen LogP contribution in [-0.4, -0.2) is 42.2 Å². The molecule has 0 N–H and O–H groups in total. The average Bonchev–Trinajstić information content (AvgIpc) is 3.59. The molecule has 4 nitrogen and oxygen atoms in total. The maximum absolute atomic E-state index is 15.0. The van der Waals surface area contributed by atoms with Gasteiger partial charge in [-0.3, -0.25) is 4.79 Å². The highest BCUT2D eigenvalue weighted by atomic mass is 19.1. The molecule has 0 spiro atoms. The summed E-state index contributed by atoms with van der Waals surface area (Å²) in [6.45, 7) is 6.67. The van der Waals surface area contributed by atoms with Crippen LogP contribution < -0.4 is 10.3 Å². The third-order valence-electron chi connectivity index (χ3n) is 6.26. The number of anilines is 1. The number of rotatable bonds is 4. The zero-order valence-electron chi connectivity index (χ0n) is 16.8. The van der Waals surface area contributed by atoms with Gasteiger partial charge in [0, 0.05) is 43.7 Å². The largest absolute Gasteiger partial charge is 0.367 e. The Balaban J connectivity index is 1.68. The van der Waals surface area contributed by atoms with E-state index in [1.54, 1.807) is 6.07 Å². The van der Waals surface area contributed by atoms with Crippen LogP contribution in [0.4, 0.5) is 10.1 Å². The highest BCUT2D eigenvalue weighted by Crippen LogP contribution is 2.41. The predicted molar refractivity (Wildman–Crippen MR) is 116 cm³/mol. The van der Waals surface area contributed by atoms with Gasteiger partial charge in [-0.05, 0) is 37.1 Å². The Bertz CT molecular complexity index is 1100. The monoisotopic (exact) mass is 391 g/mol. The summed E-state index contributed by atoms with van der Waals surface area (Å²) in [4.78, 5) is 17.4. The number of likely N-dealkylation sites (N-methyl/N-ethyl adjacent to an activating group) is 1. The fraction of sp³-hybridized carbons (Fsp3) is 0.375. The molecule has 1 saturated heterocycles. The van der Waals surface area contributed by atoms with Crippen molar-refractivity contribution in [3.05, 3.63) is 64.6 Å². The van der Waals surface area contributed by atoms with Crippen molar-refractivity contribution in [1.82, 2.24) is 9.47 Å². The molecule has 1 saturated carbocycles. The second kappa shape index (κ2) is 7.30. The van der Waals surface area contributed by atoms with Crippen molar-refractivity contribution in [3.8, 4) is 11.3 Å². The molecule has 0 amide bonds. The van der Waals surface area contributed by atoms with Crippen LogP contribution >= 0.6 is 0 Å². The standard InChI is InChI=1S/C24H26FN3O/c1-2-26-10-12-27(13-11-26)23-15-22-19(14-20(23)25)24(29)16-21(28(22)18-8-9-18)17-6-4-3-5-7-17/h3-7,14-16,18H,2,8-13H2,1H3. The van der Waals surface area contributed by atoms with Gasteiger partial charge in [0.25, 0.3) is 0 Å². The van der Waals surface area contributed by atoms with Crippen LogP contribution in [0.25, 0.3) is 22.2 Å². The molecule has 2 aliphatic rings. The van der Waals surface area contributed by atoms with Gasteiger partial charge in [0.1, 0.15) is 5.82 Å². The first-order chi connectivity index (χ1) is 14.2. The topological polar surface area (TPSA) is 28.5 Å². The van der Waals surface area contributed by atoms with Crippen LogP contribution in [0.15, 0.2) is 53.3 Å². The van der Waals surface area contributed by atoms with E-state index < -0.39 is 0 Å². The third-order valence-corrected chi connectivity index (χ3v) is 6.26. The molecule has 1 aromatic heterocycles. The van der Waals surface area contributed by atoms with Gasteiger partial charge in [-0.2, -0.15) is 0 Å². The lowest BCUT2D eigenvalue weighted by Gasteiger charge is -2.35. The highest BCUT2D eigenvalue weighted by molar-refractivity contribution is 5.86. The van der Waals surface area contributed by atoms with E-state index in [0.29, 0.717) is 17.1 Å². The zero-order chi connectivity index (χ0) is 20.0. The van der Waals surface area contributed by atoms with E-state index in [1.807, 2.05) is 36.4 Å². The summed E-state index contributed by atoms with van der Waals surface area (Å²) < 4.78 is 17.3. The Morgan fingerprint density at radius 1 is 1.00 bits per heavy atom. The number of aromatic nitrogens is 1. The van der Waals surface area contributed by atoms with Gasteiger partial charge in [0.2, 0.25) is 0 Å². The van der Waals surface area contributed by atoms with E-state index in [-0.39, 0.29) is 11.2 Å². The van der Waals surface area contributed by atoms with Crippen LogP contribution in [0.5, 0.6) is 0 Å². The fourth-order valence-electron chi connectivity index (χ4n) is 4.45. The van der Waals surface area contributed by atoms with Crippen LogP contribution in [0.2, 0.25) is 0 Å². The Morgan fingerprint density at radius 3 is 2.38 bits per heavy atom. The Labute approximate surface area is 170 Å². The summed E-state index contributed by atoms with van der Waals surface area (Å²) >= 11 is 0. The minimum Gasteiger partial charge on any atom is -0.367 e. The first-order valence-corrected chi connectivity index (χ1v) is 10.6. The van der Waals surface area contributed by atoms with Crippen molar-refractivity contribution in [2.45, 2.75) is 25.8 Å². The van der Waals surface area contributed by atoms with Crippen LogP contribution in [0.3, 0.4) is 0 Å². The number of hydrogen-bond acceptors (Lipinski definition) is 3. The number of nitrogens with zero attached hydrogens (tertiary/aromatic N) is 3. The van der Waals surface area contributed by atoms with E-state index in [9.17, 15) is 4.79 Å². The maximum Gasteiger partial charge on any atom is 0.190 e. The molecule has 0 radical (unpaired) electrons. The van der Waals surface area contributed by atoms with Gasteiger partial charge in [0.15, 0.2) is 5.43 Å². The molecule has 0 atom stereocenters. The quantitative estimate of drug-likeness (QED) is 0.664. The molecule has 3 aromatic rings. The summed E-state index contributed by atoms with van der Waals surface area (Å²) in [6, 6.07) is 15.5. The molecular formula is C24H26FN3O. The smallest absolute Gasteiger partial charge is 0.190 e. The number of pyridine rings is 1. The molecule has 5 heteroatoms. The Kier molecular flexibility index (Phi) is 4.63. The summed E-state index contributed by atoms with van der Waals surface area (Å²) in [5.74, 6) is -0.297. The number of benzene rings is 2. The van der Waals surface area contributed by atoms with Crippen LogP contribution in [0.1, 0.15) is 25.8 Å². The first-order valence-electron chi connectivity index (χ1n) is 10.6. The second-order valence-corrected chi connectivity index (χ2v) is 8.10. The Hall–Kier alpha value is -2.66. The molecule has 2 fully saturated rings. The Morgan fingerprint density at radius 2 is 1.72 bits per heavy atom. The van der Waals surface area contributed by atoms with Crippen molar-refractivity contribution in [2.75, 3.05) is 37.6 Å². The summed E-state index contributed by atoms with van der Waals surface area (Å²) in [5.41, 5.74) is 3.32. The van der Waals surface area contributed by atoms with Gasteiger partial charge >= 0.3 is 0 Å². The molecule has 150 valence electrons. The molecule has 1 aliphatic heterocycles. The molecule has 5 rings (SSSR count). The van der Waals surface area contributed by atoms with Crippen LogP contribution in [0, 0.1) is 5.82 Å². The van der Waals surface area contributed by atoms with E-state index in [2.05, 4.69) is 21.3 Å². The molecule has 0 unspecified atom stereocenters. The normalized spacial score (nSPS) is 17.8. The lowest BCUT2D eigenvalue weighted by Crippen LogP contribution is -2.46. The summed E-state index contributed by atoms with van der Waals surface area (Å²) in [6.07, 6.45) is 2.19. The fourth-order valence-corrected chi connectivity index (χ4v) is 4.45. The van der Waals surface area contributed by atoms with Gasteiger partial charge in [-0.15, -0.1) is 0 Å². The van der Waals surface area contributed by atoms with Crippen LogP contribution in [-0.2, 0) is 0 Å². The molecule has 0 bridgehead atoms. The molecular weight excluding hydrogens is 365 g/mol. The van der Waals surface area contributed by atoms with Crippen molar-refractivity contribution >= 4 is 16.6 Å². The minimum atomic E-state index is -0.297. The van der Waals surface area contributed by atoms with Gasteiger partial charge in [-0.25, -0.2) is 4.39 Å². The minimum absolute atomic E-state index is 0.114. The number of fused-ring (bicyclic) bond motifs is 1. The number of hydrogen-bond donors (Lipinski definition) is 0. The van der Waals surface area contributed by atoms with E-state index in [4.69, 9.17) is 0 Å². The van der Waals surface area contributed by atoms with Crippen molar-refractivity contribution in [3.63, 3.8) is 0 Å². The predicted octanol–water partition coefficient (Wildman–Crippen LogP) is 4.28. The third kappa shape index (κ3) is 3.33. The number of piperazine rings is 1. The molecule has 29 heavy (non-hydrogen) atoms. The van der Waals surface area contributed by atoms with Crippen molar-refractivity contribution < 1.29 is 4.39 Å². The second-order valence-electron chi connectivity index (χ2n) is 8.10. The summed E-state index contributed by atoms with van der Waals surface area (Å²) in [7, 11) is 0. The average molecular weight is 391 g/mol. The summed E-state index contributed by atoms with van der Waals surface area (Å²) in [5, 5.41) is 0.477. The van der Waals surface area contributed by atoms with E-state index in [0.717, 1.165) is 62.3 Å².